The number of nitrogens with one attached hydrogen (secondary N) is 2. The third kappa shape index (κ3) is 4.98. The fraction of sp³-hybridized carbons (Fsp3) is 0.556. The lowest BCUT2D eigenvalue weighted by molar-refractivity contribution is -0.121. The van der Waals surface area contributed by atoms with Gasteiger partial charge in [-0.3, -0.25) is 4.79 Å². The Morgan fingerprint density at radius 1 is 1.17 bits per heavy atom. The first kappa shape index (κ1) is 17.3. The largest absolute Gasteiger partial charge is 0.353 e. The SMILES string of the molecule is CC(C)[C@H](C)NC(=O)CCNC(=O)N1CCc2ccccc2C1. The van der Waals surface area contributed by atoms with Crippen molar-refractivity contribution in [1.82, 2.24) is 15.5 Å². The molecule has 1 aromatic carbocycles. The van der Waals surface area contributed by atoms with Crippen LogP contribution in [0.1, 0.15) is 38.3 Å². The molecule has 0 unspecified atom stereocenters. The molecule has 1 atom stereocenters. The summed E-state index contributed by atoms with van der Waals surface area (Å²) in [5, 5.41) is 5.78. The second kappa shape index (κ2) is 7.99. The van der Waals surface area contributed by atoms with Crippen molar-refractivity contribution < 1.29 is 9.59 Å². The molecule has 5 nitrogen and oxygen atoms in total. The van der Waals surface area contributed by atoms with Crippen LogP contribution in [-0.4, -0.2) is 36.0 Å². The van der Waals surface area contributed by atoms with Crippen molar-refractivity contribution in [2.24, 2.45) is 5.92 Å². The van der Waals surface area contributed by atoms with Crippen molar-refractivity contribution in [1.29, 1.82) is 0 Å². The number of carbonyl (C=O) groups is 2. The molecule has 23 heavy (non-hydrogen) atoms. The highest BCUT2D eigenvalue weighted by Crippen LogP contribution is 2.18. The highest BCUT2D eigenvalue weighted by atomic mass is 16.2. The Kier molecular flexibility index (Phi) is 6.02. The van der Waals surface area contributed by atoms with Crippen molar-refractivity contribution in [3.05, 3.63) is 35.4 Å². The predicted molar refractivity (Wildman–Crippen MR) is 91.0 cm³/mol. The summed E-state index contributed by atoms with van der Waals surface area (Å²) >= 11 is 0. The highest BCUT2D eigenvalue weighted by Gasteiger charge is 2.20. The van der Waals surface area contributed by atoms with Gasteiger partial charge in [0.25, 0.3) is 0 Å². The number of hydrogen-bond donors (Lipinski definition) is 2. The number of carbonyl (C=O) groups excluding carboxylic acids is 2. The maximum absolute atomic E-state index is 12.2. The number of fused-ring (bicyclic) bond motifs is 1. The summed E-state index contributed by atoms with van der Waals surface area (Å²) < 4.78 is 0. The summed E-state index contributed by atoms with van der Waals surface area (Å²) in [6, 6.07) is 8.27. The van der Waals surface area contributed by atoms with Gasteiger partial charge in [-0.25, -0.2) is 4.79 Å². The van der Waals surface area contributed by atoms with E-state index in [4.69, 9.17) is 0 Å². The lowest BCUT2D eigenvalue weighted by Crippen LogP contribution is -2.44. The van der Waals surface area contributed by atoms with Crippen molar-refractivity contribution >= 4 is 11.9 Å². The summed E-state index contributed by atoms with van der Waals surface area (Å²) in [4.78, 5) is 25.8. The van der Waals surface area contributed by atoms with Gasteiger partial charge in [-0.05, 0) is 30.4 Å². The number of rotatable bonds is 5. The highest BCUT2D eigenvalue weighted by molar-refractivity contribution is 5.78. The van der Waals surface area contributed by atoms with E-state index >= 15 is 0 Å². The standard InChI is InChI=1S/C18H27N3O2/c1-13(2)14(3)20-17(22)8-10-19-18(23)21-11-9-15-6-4-5-7-16(15)12-21/h4-7,13-14H,8-12H2,1-3H3,(H,19,23)(H,20,22)/t14-/m0/s1. The molecule has 3 amide bonds. The van der Waals surface area contributed by atoms with Gasteiger partial charge < -0.3 is 15.5 Å². The second-order valence-corrected chi connectivity index (χ2v) is 6.52. The van der Waals surface area contributed by atoms with Gasteiger partial charge >= 0.3 is 6.03 Å². The molecule has 0 aliphatic carbocycles. The van der Waals surface area contributed by atoms with Gasteiger partial charge in [-0.1, -0.05) is 38.1 Å². The molecule has 1 aliphatic heterocycles. The molecule has 1 aliphatic rings. The molecule has 0 bridgehead atoms. The maximum Gasteiger partial charge on any atom is 0.317 e. The molecular formula is C18H27N3O2. The maximum atomic E-state index is 12.2. The molecule has 5 heteroatoms. The molecular weight excluding hydrogens is 290 g/mol. The second-order valence-electron chi connectivity index (χ2n) is 6.52. The Morgan fingerprint density at radius 3 is 2.57 bits per heavy atom. The molecule has 2 rings (SSSR count). The van der Waals surface area contributed by atoms with Gasteiger partial charge in [0, 0.05) is 32.1 Å². The van der Waals surface area contributed by atoms with Gasteiger partial charge in [0.1, 0.15) is 0 Å². The van der Waals surface area contributed by atoms with E-state index in [9.17, 15) is 9.59 Å². The minimum Gasteiger partial charge on any atom is -0.353 e. The number of hydrogen-bond acceptors (Lipinski definition) is 2. The van der Waals surface area contributed by atoms with E-state index < -0.39 is 0 Å². The zero-order valence-electron chi connectivity index (χ0n) is 14.3. The summed E-state index contributed by atoms with van der Waals surface area (Å²) in [5.41, 5.74) is 2.52. The Hall–Kier alpha value is -2.04. The van der Waals surface area contributed by atoms with Gasteiger partial charge in [-0.15, -0.1) is 0 Å². The minimum absolute atomic E-state index is 0.0181. The van der Waals surface area contributed by atoms with Crippen LogP contribution >= 0.6 is 0 Å². The van der Waals surface area contributed by atoms with E-state index in [1.165, 1.54) is 11.1 Å². The van der Waals surface area contributed by atoms with Crippen molar-refractivity contribution in [2.75, 3.05) is 13.1 Å². The van der Waals surface area contributed by atoms with Crippen LogP contribution in [0, 0.1) is 5.92 Å². The Bertz CT molecular complexity index is 557. The van der Waals surface area contributed by atoms with Crippen molar-refractivity contribution in [3.8, 4) is 0 Å². The minimum atomic E-state index is -0.0933. The average molecular weight is 317 g/mol. The van der Waals surface area contributed by atoms with Crippen LogP contribution < -0.4 is 10.6 Å². The summed E-state index contributed by atoms with van der Waals surface area (Å²) in [6.45, 7) is 7.86. The molecule has 0 radical (unpaired) electrons. The number of benzene rings is 1. The third-order valence-corrected chi connectivity index (χ3v) is 4.43. The lowest BCUT2D eigenvalue weighted by Gasteiger charge is -2.29. The van der Waals surface area contributed by atoms with E-state index in [0.717, 1.165) is 13.0 Å². The van der Waals surface area contributed by atoms with Crippen molar-refractivity contribution in [2.45, 2.75) is 46.2 Å². The first-order valence-electron chi connectivity index (χ1n) is 8.36. The van der Waals surface area contributed by atoms with Crippen LogP contribution in [0.2, 0.25) is 0 Å². The average Bonchev–Trinajstić information content (AvgIpc) is 2.54. The Balaban J connectivity index is 1.73. The Morgan fingerprint density at radius 2 is 1.87 bits per heavy atom. The van der Waals surface area contributed by atoms with Crippen LogP contribution in [0.5, 0.6) is 0 Å². The fourth-order valence-corrected chi connectivity index (χ4v) is 2.56. The molecule has 0 saturated heterocycles. The van der Waals surface area contributed by atoms with Crippen molar-refractivity contribution in [3.63, 3.8) is 0 Å². The quantitative estimate of drug-likeness (QED) is 0.875. The van der Waals surface area contributed by atoms with Gasteiger partial charge in [0.05, 0.1) is 0 Å². The van der Waals surface area contributed by atoms with Gasteiger partial charge in [0.15, 0.2) is 0 Å². The third-order valence-electron chi connectivity index (χ3n) is 4.43. The van der Waals surface area contributed by atoms with E-state index in [-0.39, 0.29) is 18.0 Å². The molecule has 0 spiro atoms. The molecule has 1 heterocycles. The molecule has 0 fully saturated rings. The topological polar surface area (TPSA) is 61.4 Å². The van der Waals surface area contributed by atoms with Crippen LogP contribution in [0.3, 0.4) is 0 Å². The summed E-state index contributed by atoms with van der Waals surface area (Å²) in [7, 11) is 0. The zero-order valence-corrected chi connectivity index (χ0v) is 14.3. The van der Waals surface area contributed by atoms with Crippen LogP contribution in [-0.2, 0) is 17.8 Å². The Labute approximate surface area is 138 Å². The van der Waals surface area contributed by atoms with E-state index in [2.05, 4.69) is 36.6 Å². The first-order chi connectivity index (χ1) is 11.0. The van der Waals surface area contributed by atoms with Crippen LogP contribution in [0.15, 0.2) is 24.3 Å². The molecule has 0 saturated carbocycles. The number of nitrogens with zero attached hydrogens (tertiary/aromatic N) is 1. The van der Waals surface area contributed by atoms with Crippen LogP contribution in [0.4, 0.5) is 4.79 Å². The van der Waals surface area contributed by atoms with Gasteiger partial charge in [-0.2, -0.15) is 0 Å². The fourth-order valence-electron chi connectivity index (χ4n) is 2.56. The molecule has 1 aromatic rings. The predicted octanol–water partition coefficient (Wildman–Crippen LogP) is 2.31. The normalized spacial score (nSPS) is 15.0. The molecule has 2 N–H and O–H groups in total. The van der Waals surface area contributed by atoms with E-state index in [1.807, 2.05) is 19.1 Å². The smallest absolute Gasteiger partial charge is 0.317 e. The summed E-state index contributed by atoms with van der Waals surface area (Å²) in [5.74, 6) is 0.387. The number of amides is 3. The molecule has 126 valence electrons. The zero-order chi connectivity index (χ0) is 16.8. The lowest BCUT2D eigenvalue weighted by atomic mass is 10.0. The van der Waals surface area contributed by atoms with E-state index in [1.54, 1.807) is 4.90 Å². The number of urea groups is 1. The monoisotopic (exact) mass is 317 g/mol. The van der Waals surface area contributed by atoms with Gasteiger partial charge in [0.2, 0.25) is 5.91 Å². The first-order valence-corrected chi connectivity index (χ1v) is 8.36. The van der Waals surface area contributed by atoms with Crippen LogP contribution in [0.25, 0.3) is 0 Å². The van der Waals surface area contributed by atoms with E-state index in [0.29, 0.717) is 25.4 Å². The molecule has 0 aromatic heterocycles. The summed E-state index contributed by atoms with van der Waals surface area (Å²) in [6.07, 6.45) is 1.20.